The topological polar surface area (TPSA) is 62.5 Å². The Morgan fingerprint density at radius 1 is 1.39 bits per heavy atom. The number of rotatable bonds is 4. The first-order chi connectivity index (χ1) is 8.56. The van der Waals surface area contributed by atoms with Crippen LogP contribution in [-0.2, 0) is 6.54 Å². The molecule has 0 fully saturated rings. The molecule has 0 spiro atoms. The molecule has 2 rings (SSSR count). The molecule has 1 aromatic heterocycles. The van der Waals surface area contributed by atoms with Crippen molar-refractivity contribution in [3.05, 3.63) is 52.4 Å². The van der Waals surface area contributed by atoms with Crippen LogP contribution in [0.4, 0.5) is 5.69 Å². The van der Waals surface area contributed by atoms with Gasteiger partial charge in [0.15, 0.2) is 0 Å². The molecule has 0 saturated heterocycles. The van der Waals surface area contributed by atoms with Crippen LogP contribution in [0.1, 0.15) is 21.9 Å². The van der Waals surface area contributed by atoms with E-state index in [9.17, 15) is 4.79 Å². The van der Waals surface area contributed by atoms with E-state index in [1.807, 2.05) is 19.1 Å². The molecule has 5 heteroatoms. The number of hydrogen-bond acceptors (Lipinski definition) is 3. The van der Waals surface area contributed by atoms with Crippen molar-refractivity contribution in [1.29, 1.82) is 0 Å². The van der Waals surface area contributed by atoms with Crippen molar-refractivity contribution < 1.29 is 14.3 Å². The Hall–Kier alpha value is -1.94. The number of halogens is 1. The maximum atomic E-state index is 11.1. The van der Waals surface area contributed by atoms with E-state index in [4.69, 9.17) is 21.1 Å². The number of hydrogen-bond donors (Lipinski definition) is 2. The first-order valence-corrected chi connectivity index (χ1v) is 5.76. The fraction of sp³-hybridized carbons (Fsp3) is 0.154. The van der Waals surface area contributed by atoms with Gasteiger partial charge in [0.2, 0.25) is 0 Å². The predicted molar refractivity (Wildman–Crippen MR) is 69.2 cm³/mol. The van der Waals surface area contributed by atoms with Crippen molar-refractivity contribution in [2.24, 2.45) is 0 Å². The Morgan fingerprint density at radius 3 is 2.78 bits per heavy atom. The van der Waals surface area contributed by atoms with E-state index in [0.29, 0.717) is 17.3 Å². The Morgan fingerprint density at radius 2 is 2.17 bits per heavy atom. The molecular formula is C13H12ClNO3. The number of aryl methyl sites for hydroxylation is 1. The zero-order valence-corrected chi connectivity index (χ0v) is 10.5. The molecule has 2 aromatic rings. The third kappa shape index (κ3) is 2.84. The first-order valence-electron chi connectivity index (χ1n) is 5.38. The molecule has 0 unspecified atom stereocenters. The highest BCUT2D eigenvalue weighted by Crippen LogP contribution is 2.21. The van der Waals surface area contributed by atoms with Crippen LogP contribution in [0.2, 0.25) is 5.02 Å². The fourth-order valence-corrected chi connectivity index (χ4v) is 1.78. The van der Waals surface area contributed by atoms with Gasteiger partial charge in [-0.1, -0.05) is 11.6 Å². The van der Waals surface area contributed by atoms with Gasteiger partial charge in [0.25, 0.3) is 0 Å². The van der Waals surface area contributed by atoms with Crippen molar-refractivity contribution >= 4 is 23.3 Å². The van der Waals surface area contributed by atoms with Crippen LogP contribution in [-0.4, -0.2) is 11.1 Å². The standard InChI is InChI=1S/C13H12ClNO3/c1-8-2-4-10(18-8)7-15-12-5-3-9(14)6-11(12)13(16)17/h2-6,15H,7H2,1H3,(H,16,17). The molecule has 94 valence electrons. The average molecular weight is 266 g/mol. The number of anilines is 1. The lowest BCUT2D eigenvalue weighted by atomic mass is 10.2. The largest absolute Gasteiger partial charge is 0.478 e. The van der Waals surface area contributed by atoms with Gasteiger partial charge < -0.3 is 14.8 Å². The van der Waals surface area contributed by atoms with Crippen LogP contribution in [0.5, 0.6) is 0 Å². The molecule has 0 saturated carbocycles. The van der Waals surface area contributed by atoms with E-state index in [0.717, 1.165) is 11.5 Å². The van der Waals surface area contributed by atoms with Crippen molar-refractivity contribution in [2.45, 2.75) is 13.5 Å². The second-order valence-electron chi connectivity index (χ2n) is 3.86. The maximum Gasteiger partial charge on any atom is 0.337 e. The minimum atomic E-state index is -1.02. The molecule has 0 bridgehead atoms. The molecule has 4 nitrogen and oxygen atoms in total. The summed E-state index contributed by atoms with van der Waals surface area (Å²) in [7, 11) is 0. The Bertz CT molecular complexity index is 577. The SMILES string of the molecule is Cc1ccc(CNc2ccc(Cl)cc2C(=O)O)o1. The first kappa shape index (κ1) is 12.5. The van der Waals surface area contributed by atoms with Crippen LogP contribution in [0.15, 0.2) is 34.7 Å². The van der Waals surface area contributed by atoms with Gasteiger partial charge in [0, 0.05) is 10.7 Å². The summed E-state index contributed by atoms with van der Waals surface area (Å²) in [6.45, 7) is 2.28. The highest BCUT2D eigenvalue weighted by atomic mass is 35.5. The van der Waals surface area contributed by atoms with E-state index in [1.54, 1.807) is 12.1 Å². The van der Waals surface area contributed by atoms with E-state index >= 15 is 0 Å². The van der Waals surface area contributed by atoms with Gasteiger partial charge in [-0.2, -0.15) is 0 Å². The monoisotopic (exact) mass is 265 g/mol. The lowest BCUT2D eigenvalue weighted by Gasteiger charge is -2.08. The number of benzene rings is 1. The van der Waals surface area contributed by atoms with Gasteiger partial charge in [-0.25, -0.2) is 4.79 Å². The van der Waals surface area contributed by atoms with Gasteiger partial charge in [0.05, 0.1) is 12.1 Å². The normalized spacial score (nSPS) is 10.3. The number of carboxylic acid groups (broad SMARTS) is 1. The molecule has 1 aromatic carbocycles. The summed E-state index contributed by atoms with van der Waals surface area (Å²) in [5.74, 6) is 0.552. The number of carboxylic acids is 1. The van der Waals surface area contributed by atoms with E-state index < -0.39 is 5.97 Å². The minimum Gasteiger partial charge on any atom is -0.478 e. The van der Waals surface area contributed by atoms with E-state index in [1.165, 1.54) is 6.07 Å². The van der Waals surface area contributed by atoms with Gasteiger partial charge in [-0.15, -0.1) is 0 Å². The minimum absolute atomic E-state index is 0.144. The van der Waals surface area contributed by atoms with Crippen molar-refractivity contribution in [3.8, 4) is 0 Å². The van der Waals surface area contributed by atoms with Crippen LogP contribution in [0.25, 0.3) is 0 Å². The number of nitrogens with one attached hydrogen (secondary N) is 1. The highest BCUT2D eigenvalue weighted by Gasteiger charge is 2.10. The number of furan rings is 1. The molecule has 2 N–H and O–H groups in total. The number of aromatic carboxylic acids is 1. The van der Waals surface area contributed by atoms with E-state index in [-0.39, 0.29) is 5.56 Å². The summed E-state index contributed by atoms with van der Waals surface area (Å²) in [4.78, 5) is 11.1. The molecule has 0 atom stereocenters. The molecular weight excluding hydrogens is 254 g/mol. The third-order valence-corrected chi connectivity index (χ3v) is 2.70. The Kier molecular flexibility index (Phi) is 3.58. The molecule has 0 aliphatic heterocycles. The molecule has 0 amide bonds. The lowest BCUT2D eigenvalue weighted by Crippen LogP contribution is -2.05. The smallest absolute Gasteiger partial charge is 0.337 e. The Balaban J connectivity index is 2.16. The van der Waals surface area contributed by atoms with Gasteiger partial charge >= 0.3 is 5.97 Å². The van der Waals surface area contributed by atoms with Crippen LogP contribution < -0.4 is 5.32 Å². The van der Waals surface area contributed by atoms with Gasteiger partial charge in [0.1, 0.15) is 11.5 Å². The molecule has 0 aliphatic carbocycles. The summed E-state index contributed by atoms with van der Waals surface area (Å²) in [6, 6.07) is 8.40. The average Bonchev–Trinajstić information content (AvgIpc) is 2.73. The molecule has 0 radical (unpaired) electrons. The molecule has 0 aliphatic rings. The van der Waals surface area contributed by atoms with Crippen LogP contribution in [0.3, 0.4) is 0 Å². The van der Waals surface area contributed by atoms with Crippen LogP contribution >= 0.6 is 11.6 Å². The maximum absolute atomic E-state index is 11.1. The van der Waals surface area contributed by atoms with E-state index in [2.05, 4.69) is 5.32 Å². The summed E-state index contributed by atoms with van der Waals surface area (Å²) in [5, 5.41) is 12.5. The summed E-state index contributed by atoms with van der Waals surface area (Å²) >= 11 is 5.77. The fourth-order valence-electron chi connectivity index (χ4n) is 1.61. The highest BCUT2D eigenvalue weighted by molar-refractivity contribution is 6.31. The second kappa shape index (κ2) is 5.14. The molecule has 1 heterocycles. The van der Waals surface area contributed by atoms with Gasteiger partial charge in [-0.3, -0.25) is 0 Å². The molecule has 18 heavy (non-hydrogen) atoms. The lowest BCUT2D eigenvalue weighted by molar-refractivity contribution is 0.0698. The van der Waals surface area contributed by atoms with Crippen molar-refractivity contribution in [2.75, 3.05) is 5.32 Å². The summed E-state index contributed by atoms with van der Waals surface area (Å²) < 4.78 is 5.39. The van der Waals surface area contributed by atoms with Gasteiger partial charge in [-0.05, 0) is 37.3 Å². The van der Waals surface area contributed by atoms with Crippen molar-refractivity contribution in [3.63, 3.8) is 0 Å². The predicted octanol–water partition coefficient (Wildman–Crippen LogP) is 3.55. The number of carbonyl (C=O) groups is 1. The van der Waals surface area contributed by atoms with Crippen molar-refractivity contribution in [1.82, 2.24) is 0 Å². The summed E-state index contributed by atoms with van der Waals surface area (Å²) in [6.07, 6.45) is 0. The quantitative estimate of drug-likeness (QED) is 0.887. The third-order valence-electron chi connectivity index (χ3n) is 2.46. The van der Waals surface area contributed by atoms with Crippen LogP contribution in [0, 0.1) is 6.92 Å². The zero-order chi connectivity index (χ0) is 13.1. The summed E-state index contributed by atoms with van der Waals surface area (Å²) in [5.41, 5.74) is 0.659. The Labute approximate surface area is 109 Å². The zero-order valence-electron chi connectivity index (χ0n) is 9.74. The second-order valence-corrected chi connectivity index (χ2v) is 4.30.